The zero-order valence-electron chi connectivity index (χ0n) is 16.3. The maximum Gasteiger partial charge on any atom is 0.433 e. The number of rotatable bonds is 3. The van der Waals surface area contributed by atoms with E-state index >= 15 is 0 Å². The topological polar surface area (TPSA) is 84.6 Å². The minimum atomic E-state index is -4.50. The molecular weight excluding hydrogens is 415 g/mol. The summed E-state index contributed by atoms with van der Waals surface area (Å²) in [5, 5.41) is 12.3. The number of aromatic amines is 1. The summed E-state index contributed by atoms with van der Waals surface area (Å²) in [5.74, 6) is 0.641. The maximum atomic E-state index is 13.2. The first kappa shape index (κ1) is 18.9. The molecule has 0 aliphatic rings. The molecule has 30 heavy (non-hydrogen) atoms. The summed E-state index contributed by atoms with van der Waals surface area (Å²) in [5.41, 5.74) is 3.87. The van der Waals surface area contributed by atoms with E-state index in [0.717, 1.165) is 40.8 Å². The van der Waals surface area contributed by atoms with Crippen molar-refractivity contribution in [3.8, 4) is 0 Å². The molecule has 0 radical (unpaired) electrons. The first-order chi connectivity index (χ1) is 14.2. The van der Waals surface area contributed by atoms with E-state index in [1.54, 1.807) is 17.8 Å². The highest BCUT2D eigenvalue weighted by atomic mass is 32.1. The molecule has 0 fully saturated rings. The summed E-state index contributed by atoms with van der Waals surface area (Å²) >= 11 is 1.16. The van der Waals surface area contributed by atoms with E-state index in [4.69, 9.17) is 0 Å². The predicted molar refractivity (Wildman–Crippen MR) is 107 cm³/mol. The summed E-state index contributed by atoms with van der Waals surface area (Å²) < 4.78 is 41.7. The number of fused-ring (bicyclic) bond motifs is 5. The number of aromatic nitrogens is 7. The number of pyridine rings is 1. The summed E-state index contributed by atoms with van der Waals surface area (Å²) in [6, 6.07) is 1.06. The highest BCUT2D eigenvalue weighted by Gasteiger charge is 2.33. The van der Waals surface area contributed by atoms with Gasteiger partial charge in [-0.2, -0.15) is 18.3 Å². The fraction of sp³-hybridized carbons (Fsp3) is 0.316. The molecule has 11 heteroatoms. The molecule has 0 saturated carbocycles. The SMILES string of the molecule is Cc1n[nH]c(C)c1CCc1nc2c3sc4nc(C(F)(F)F)cc(C)c4c3ncn2n1. The molecule has 5 aromatic rings. The smallest absolute Gasteiger partial charge is 0.282 e. The van der Waals surface area contributed by atoms with E-state index in [2.05, 4.69) is 30.2 Å². The molecule has 5 rings (SSSR count). The Balaban J connectivity index is 1.60. The van der Waals surface area contributed by atoms with Gasteiger partial charge in [-0.05, 0) is 44.4 Å². The van der Waals surface area contributed by atoms with Gasteiger partial charge in [0.25, 0.3) is 0 Å². The van der Waals surface area contributed by atoms with Gasteiger partial charge in [0.2, 0.25) is 0 Å². The zero-order chi connectivity index (χ0) is 21.2. The van der Waals surface area contributed by atoms with Crippen molar-refractivity contribution in [1.82, 2.24) is 34.8 Å². The van der Waals surface area contributed by atoms with Crippen molar-refractivity contribution in [2.24, 2.45) is 0 Å². The number of hydrogen-bond donors (Lipinski definition) is 1. The van der Waals surface area contributed by atoms with E-state index in [9.17, 15) is 13.2 Å². The predicted octanol–water partition coefficient (Wildman–Crippen LogP) is 4.34. The minimum Gasteiger partial charge on any atom is -0.282 e. The van der Waals surface area contributed by atoms with E-state index in [1.165, 1.54) is 0 Å². The number of nitrogens with one attached hydrogen (secondary N) is 1. The third-order valence-corrected chi connectivity index (χ3v) is 6.25. The van der Waals surface area contributed by atoms with Crippen LogP contribution in [-0.2, 0) is 19.0 Å². The van der Waals surface area contributed by atoms with Crippen molar-refractivity contribution in [3.63, 3.8) is 0 Å². The van der Waals surface area contributed by atoms with Crippen LogP contribution in [0.5, 0.6) is 0 Å². The van der Waals surface area contributed by atoms with Gasteiger partial charge in [-0.3, -0.25) is 5.10 Å². The lowest BCUT2D eigenvalue weighted by atomic mass is 10.1. The van der Waals surface area contributed by atoms with Gasteiger partial charge < -0.3 is 0 Å². The molecule has 7 nitrogen and oxygen atoms in total. The number of alkyl halides is 3. The highest BCUT2D eigenvalue weighted by molar-refractivity contribution is 7.26. The number of hydrogen-bond acceptors (Lipinski definition) is 6. The van der Waals surface area contributed by atoms with E-state index in [0.29, 0.717) is 43.9 Å². The molecular formula is C19H16F3N7S. The van der Waals surface area contributed by atoms with Crippen molar-refractivity contribution < 1.29 is 13.2 Å². The number of H-pyrrole nitrogens is 1. The van der Waals surface area contributed by atoms with Gasteiger partial charge in [-0.15, -0.1) is 16.4 Å². The molecule has 0 aliphatic heterocycles. The number of aryl methyl sites for hydroxylation is 4. The molecule has 5 heterocycles. The van der Waals surface area contributed by atoms with Gasteiger partial charge in [0.1, 0.15) is 21.6 Å². The molecule has 1 N–H and O–H groups in total. The largest absolute Gasteiger partial charge is 0.433 e. The van der Waals surface area contributed by atoms with Gasteiger partial charge in [-0.25, -0.2) is 19.5 Å². The lowest BCUT2D eigenvalue weighted by Crippen LogP contribution is -2.07. The van der Waals surface area contributed by atoms with Gasteiger partial charge in [0, 0.05) is 17.5 Å². The molecule has 0 aliphatic carbocycles. The van der Waals surface area contributed by atoms with Gasteiger partial charge >= 0.3 is 6.18 Å². The molecule has 5 aromatic heterocycles. The quantitative estimate of drug-likeness (QED) is 0.459. The number of thiophene rings is 1. The molecule has 0 amide bonds. The Hall–Kier alpha value is -3.08. The van der Waals surface area contributed by atoms with Crippen LogP contribution in [0.15, 0.2) is 12.4 Å². The lowest BCUT2D eigenvalue weighted by molar-refractivity contribution is -0.141. The molecule has 0 bridgehead atoms. The maximum absolute atomic E-state index is 13.2. The van der Waals surface area contributed by atoms with Crippen LogP contribution in [0, 0.1) is 20.8 Å². The number of halogens is 3. The second kappa shape index (κ2) is 6.46. The second-order valence-electron chi connectivity index (χ2n) is 7.24. The summed E-state index contributed by atoms with van der Waals surface area (Å²) in [4.78, 5) is 13.2. The van der Waals surface area contributed by atoms with Crippen molar-refractivity contribution in [2.45, 2.75) is 39.8 Å². The fourth-order valence-electron chi connectivity index (χ4n) is 3.68. The Morgan fingerprint density at radius 1 is 1.13 bits per heavy atom. The summed E-state index contributed by atoms with van der Waals surface area (Å²) in [6.07, 6.45) is -1.59. The summed E-state index contributed by atoms with van der Waals surface area (Å²) in [7, 11) is 0. The molecule has 0 atom stereocenters. The fourth-order valence-corrected chi connectivity index (χ4v) is 4.86. The average molecular weight is 431 g/mol. The van der Waals surface area contributed by atoms with Gasteiger partial charge in [0.05, 0.1) is 11.2 Å². The van der Waals surface area contributed by atoms with Crippen LogP contribution in [0.1, 0.15) is 34.0 Å². The Morgan fingerprint density at radius 2 is 1.93 bits per heavy atom. The monoisotopic (exact) mass is 431 g/mol. The van der Waals surface area contributed by atoms with Crippen LogP contribution in [-0.4, -0.2) is 34.8 Å². The van der Waals surface area contributed by atoms with Crippen LogP contribution in [0.25, 0.3) is 26.1 Å². The Kier molecular flexibility index (Phi) is 4.07. The van der Waals surface area contributed by atoms with E-state index < -0.39 is 11.9 Å². The molecule has 0 aromatic carbocycles. The van der Waals surface area contributed by atoms with Crippen molar-refractivity contribution in [2.75, 3.05) is 0 Å². The van der Waals surface area contributed by atoms with Crippen molar-refractivity contribution >= 4 is 37.4 Å². The van der Waals surface area contributed by atoms with Crippen LogP contribution in [0.2, 0.25) is 0 Å². The number of nitrogens with zero attached hydrogens (tertiary/aromatic N) is 6. The van der Waals surface area contributed by atoms with Crippen LogP contribution in [0.3, 0.4) is 0 Å². The normalized spacial score (nSPS) is 12.6. The molecule has 0 saturated heterocycles. The van der Waals surface area contributed by atoms with Gasteiger partial charge in [-0.1, -0.05) is 0 Å². The average Bonchev–Trinajstić information content (AvgIpc) is 3.34. The third-order valence-electron chi connectivity index (χ3n) is 5.18. The molecule has 0 spiro atoms. The third kappa shape index (κ3) is 2.92. The van der Waals surface area contributed by atoms with Crippen LogP contribution >= 0.6 is 11.3 Å². The van der Waals surface area contributed by atoms with Crippen molar-refractivity contribution in [3.05, 3.63) is 46.4 Å². The van der Waals surface area contributed by atoms with Crippen LogP contribution < -0.4 is 0 Å². The van der Waals surface area contributed by atoms with E-state index in [1.807, 2.05) is 13.8 Å². The minimum absolute atomic E-state index is 0.298. The lowest BCUT2D eigenvalue weighted by Gasteiger charge is -2.06. The molecule has 0 unspecified atom stereocenters. The van der Waals surface area contributed by atoms with Crippen LogP contribution in [0.4, 0.5) is 13.2 Å². The zero-order valence-corrected chi connectivity index (χ0v) is 17.1. The first-order valence-electron chi connectivity index (χ1n) is 9.24. The standard InChI is InChI=1S/C19H16F3N7S/c1-8-6-12(19(20,21)22)24-18-14(8)15-16(30-18)17-25-13(28-29(17)7-23-15)5-4-11-9(2)26-27-10(11)3/h6-7H,4-5H2,1-3H3,(H,26,27). The van der Waals surface area contributed by atoms with Gasteiger partial charge in [0.15, 0.2) is 11.5 Å². The summed E-state index contributed by atoms with van der Waals surface area (Å²) in [6.45, 7) is 5.56. The first-order valence-corrected chi connectivity index (χ1v) is 10.1. The Labute approximate surface area is 172 Å². The highest BCUT2D eigenvalue weighted by Crippen LogP contribution is 2.38. The van der Waals surface area contributed by atoms with Crippen molar-refractivity contribution in [1.29, 1.82) is 0 Å². The Morgan fingerprint density at radius 3 is 2.63 bits per heavy atom. The molecule has 154 valence electrons. The Bertz CT molecular complexity index is 1410. The van der Waals surface area contributed by atoms with E-state index in [-0.39, 0.29) is 0 Å². The second-order valence-corrected chi connectivity index (χ2v) is 8.23.